The van der Waals surface area contributed by atoms with Crippen molar-refractivity contribution in [3.63, 3.8) is 0 Å². The van der Waals surface area contributed by atoms with Crippen LogP contribution in [-0.2, 0) is 0 Å². The summed E-state index contributed by atoms with van der Waals surface area (Å²) in [5.41, 5.74) is 10.2. The highest BCUT2D eigenvalue weighted by Crippen LogP contribution is 2.37. The monoisotopic (exact) mass is 358 g/mol. The van der Waals surface area contributed by atoms with Gasteiger partial charge in [-0.1, -0.05) is 24.3 Å². The van der Waals surface area contributed by atoms with Gasteiger partial charge in [-0.25, -0.2) is 0 Å². The van der Waals surface area contributed by atoms with Crippen molar-refractivity contribution >= 4 is 28.6 Å². The lowest BCUT2D eigenvalue weighted by molar-refractivity contribution is 0.0980. The molecule has 134 valence electrons. The van der Waals surface area contributed by atoms with Gasteiger partial charge in [0.05, 0.1) is 16.8 Å². The molecule has 3 aromatic carbocycles. The normalized spacial score (nSPS) is 12.5. The van der Waals surface area contributed by atoms with Crippen molar-refractivity contribution in [1.29, 1.82) is 0 Å². The molecule has 0 atom stereocenters. The van der Waals surface area contributed by atoms with E-state index in [0.29, 0.717) is 22.5 Å². The summed E-state index contributed by atoms with van der Waals surface area (Å²) in [4.78, 5) is 26.1. The Kier molecular flexibility index (Phi) is 3.73. The topological polar surface area (TPSA) is 92.4 Å². The van der Waals surface area contributed by atoms with Crippen molar-refractivity contribution in [3.05, 3.63) is 81.9 Å². The average Bonchev–Trinajstić information content (AvgIpc) is 2.65. The second-order valence-corrected chi connectivity index (χ2v) is 6.74. The highest BCUT2D eigenvalue weighted by molar-refractivity contribution is 6.31. The zero-order valence-corrected chi connectivity index (χ0v) is 15.0. The molecule has 5 nitrogen and oxygen atoms in total. The molecule has 0 spiro atoms. The van der Waals surface area contributed by atoms with Crippen LogP contribution in [0.5, 0.6) is 5.75 Å². The van der Waals surface area contributed by atoms with E-state index in [1.165, 1.54) is 0 Å². The molecule has 3 aromatic rings. The number of fused-ring (bicyclic) bond motifs is 2. The van der Waals surface area contributed by atoms with Crippen molar-refractivity contribution in [1.82, 2.24) is 0 Å². The molecule has 0 heterocycles. The molecule has 0 aromatic heterocycles. The van der Waals surface area contributed by atoms with Crippen LogP contribution in [0, 0.1) is 13.8 Å². The fraction of sp³-hybridized carbons (Fsp3) is 0.0909. The summed E-state index contributed by atoms with van der Waals surface area (Å²) in [6.07, 6.45) is 0. The van der Waals surface area contributed by atoms with E-state index in [1.807, 2.05) is 0 Å². The van der Waals surface area contributed by atoms with Gasteiger partial charge in [-0.3, -0.25) is 9.59 Å². The fourth-order valence-electron chi connectivity index (χ4n) is 3.54. The van der Waals surface area contributed by atoms with Gasteiger partial charge in [0.2, 0.25) is 0 Å². The van der Waals surface area contributed by atoms with E-state index in [-0.39, 0.29) is 34.1 Å². The van der Waals surface area contributed by atoms with Crippen LogP contribution in [0.25, 0.3) is 0 Å². The van der Waals surface area contributed by atoms with E-state index in [0.717, 1.165) is 11.1 Å². The molecule has 1 aliphatic rings. The molecule has 0 fully saturated rings. The van der Waals surface area contributed by atoms with Gasteiger partial charge in [0.25, 0.3) is 0 Å². The highest BCUT2D eigenvalue weighted by Gasteiger charge is 2.33. The third-order valence-corrected chi connectivity index (χ3v) is 4.88. The smallest absolute Gasteiger partial charge is 0.196 e. The summed E-state index contributed by atoms with van der Waals surface area (Å²) in [5.74, 6) is -0.248. The van der Waals surface area contributed by atoms with Gasteiger partial charge in [-0.05, 0) is 49.2 Å². The molecule has 0 bridgehead atoms. The van der Waals surface area contributed by atoms with Gasteiger partial charge < -0.3 is 16.2 Å². The largest absolute Gasteiger partial charge is 0.507 e. The van der Waals surface area contributed by atoms with Gasteiger partial charge in [0.1, 0.15) is 5.75 Å². The van der Waals surface area contributed by atoms with Gasteiger partial charge in [-0.15, -0.1) is 0 Å². The number of benzene rings is 3. The van der Waals surface area contributed by atoms with Crippen LogP contribution in [0.2, 0.25) is 0 Å². The zero-order valence-electron chi connectivity index (χ0n) is 15.0. The number of carbonyl (C=O) groups excluding carboxylic acids is 2. The molecule has 1 aliphatic carbocycles. The lowest BCUT2D eigenvalue weighted by Crippen LogP contribution is -2.23. The van der Waals surface area contributed by atoms with Crippen LogP contribution in [0.3, 0.4) is 0 Å². The molecule has 5 heteroatoms. The number of aromatic hydroxyl groups is 1. The van der Waals surface area contributed by atoms with E-state index in [1.54, 1.807) is 62.4 Å². The molecule has 0 aliphatic heterocycles. The molecule has 4 rings (SSSR count). The molecular formula is C22H18N2O3. The van der Waals surface area contributed by atoms with Crippen molar-refractivity contribution < 1.29 is 14.7 Å². The number of aryl methyl sites for hydroxylation is 2. The van der Waals surface area contributed by atoms with Crippen LogP contribution in [0.4, 0.5) is 17.1 Å². The van der Waals surface area contributed by atoms with Crippen molar-refractivity contribution in [2.45, 2.75) is 13.8 Å². The summed E-state index contributed by atoms with van der Waals surface area (Å²) >= 11 is 0. The SMILES string of the molecule is Cc1cc(Nc2ccc(N)c3c2C(=O)c2ccccc2C3=O)cc(C)c1O. The molecular weight excluding hydrogens is 340 g/mol. The second-order valence-electron chi connectivity index (χ2n) is 6.74. The number of hydrogen-bond donors (Lipinski definition) is 3. The number of nitrogen functional groups attached to an aromatic ring is 1. The van der Waals surface area contributed by atoms with E-state index in [9.17, 15) is 14.7 Å². The first-order valence-corrected chi connectivity index (χ1v) is 8.56. The van der Waals surface area contributed by atoms with E-state index in [2.05, 4.69) is 5.32 Å². The summed E-state index contributed by atoms with van der Waals surface area (Å²) in [6, 6.07) is 13.7. The Morgan fingerprint density at radius 1 is 0.852 bits per heavy atom. The lowest BCUT2D eigenvalue weighted by Gasteiger charge is -2.22. The number of hydrogen-bond acceptors (Lipinski definition) is 5. The highest BCUT2D eigenvalue weighted by atomic mass is 16.3. The molecule has 0 unspecified atom stereocenters. The third kappa shape index (κ3) is 2.56. The van der Waals surface area contributed by atoms with E-state index in [4.69, 9.17) is 5.73 Å². The van der Waals surface area contributed by atoms with Crippen LogP contribution >= 0.6 is 0 Å². The number of phenolic OH excluding ortho intramolecular Hbond substituents is 1. The second kappa shape index (κ2) is 5.99. The molecule has 0 amide bonds. The van der Waals surface area contributed by atoms with Gasteiger partial charge in [0, 0.05) is 22.5 Å². The van der Waals surface area contributed by atoms with Crippen LogP contribution in [0.1, 0.15) is 43.0 Å². The van der Waals surface area contributed by atoms with Gasteiger partial charge in [0.15, 0.2) is 11.6 Å². The standard InChI is InChI=1S/C22H18N2O3/c1-11-9-13(10-12(2)20(11)25)24-17-8-7-16(23)18-19(17)22(27)15-6-4-3-5-14(15)21(18)26/h3-10,24-25H,23H2,1-2H3. The minimum absolute atomic E-state index is 0.232. The fourth-order valence-corrected chi connectivity index (χ4v) is 3.54. The Bertz CT molecular complexity index is 1110. The number of carbonyl (C=O) groups is 2. The van der Waals surface area contributed by atoms with Gasteiger partial charge in [-0.2, -0.15) is 0 Å². The number of nitrogens with two attached hydrogens (primary N) is 1. The quantitative estimate of drug-likeness (QED) is 0.370. The van der Waals surface area contributed by atoms with Crippen LogP contribution in [0.15, 0.2) is 48.5 Å². The van der Waals surface area contributed by atoms with Crippen LogP contribution < -0.4 is 11.1 Å². The number of anilines is 3. The molecule has 0 radical (unpaired) electrons. The first-order valence-electron chi connectivity index (χ1n) is 8.56. The Hall–Kier alpha value is -3.60. The summed E-state index contributed by atoms with van der Waals surface area (Å²) < 4.78 is 0. The van der Waals surface area contributed by atoms with E-state index < -0.39 is 0 Å². The average molecular weight is 358 g/mol. The maximum absolute atomic E-state index is 13.1. The maximum atomic E-state index is 13.1. The zero-order chi connectivity index (χ0) is 19.3. The molecule has 4 N–H and O–H groups in total. The van der Waals surface area contributed by atoms with Crippen molar-refractivity contribution in [2.75, 3.05) is 11.1 Å². The van der Waals surface area contributed by atoms with Crippen LogP contribution in [-0.4, -0.2) is 16.7 Å². The van der Waals surface area contributed by atoms with Gasteiger partial charge >= 0.3 is 0 Å². The maximum Gasteiger partial charge on any atom is 0.196 e. The number of phenols is 1. The summed E-state index contributed by atoms with van der Waals surface area (Å²) in [7, 11) is 0. The predicted molar refractivity (Wildman–Crippen MR) is 105 cm³/mol. The Labute approximate surface area is 156 Å². The summed E-state index contributed by atoms with van der Waals surface area (Å²) in [5, 5.41) is 13.2. The summed E-state index contributed by atoms with van der Waals surface area (Å²) in [6.45, 7) is 3.60. The molecule has 0 saturated carbocycles. The minimum atomic E-state index is -0.251. The lowest BCUT2D eigenvalue weighted by atomic mass is 9.82. The Morgan fingerprint density at radius 2 is 1.41 bits per heavy atom. The minimum Gasteiger partial charge on any atom is -0.507 e. The molecule has 27 heavy (non-hydrogen) atoms. The first kappa shape index (κ1) is 16.8. The number of rotatable bonds is 2. The van der Waals surface area contributed by atoms with Crippen molar-refractivity contribution in [3.8, 4) is 5.75 Å². The first-order chi connectivity index (χ1) is 12.9. The number of nitrogens with one attached hydrogen (secondary N) is 1. The third-order valence-electron chi connectivity index (χ3n) is 4.88. The molecule has 0 saturated heterocycles. The predicted octanol–water partition coefficient (Wildman–Crippen LogP) is 4.11. The van der Waals surface area contributed by atoms with Crippen molar-refractivity contribution in [2.24, 2.45) is 0 Å². The van der Waals surface area contributed by atoms with E-state index >= 15 is 0 Å². The number of ketones is 2. The Balaban J connectivity index is 1.88. The Morgan fingerprint density at radius 3 is 2.00 bits per heavy atom.